The van der Waals surface area contributed by atoms with Crippen molar-refractivity contribution in [2.75, 3.05) is 26.4 Å². The molecule has 0 spiro atoms. The molecule has 0 aromatic carbocycles. The Morgan fingerprint density at radius 2 is 1.28 bits per heavy atom. The summed E-state index contributed by atoms with van der Waals surface area (Å²) in [4.78, 5) is 0. The van der Waals surface area contributed by atoms with Gasteiger partial charge < -0.3 is 17.7 Å². The predicted molar refractivity (Wildman–Crippen MR) is 57.5 cm³/mol. The topological polar surface area (TPSA) is 36.9 Å². The molecule has 0 radical (unpaired) electrons. The van der Waals surface area contributed by atoms with E-state index in [1.807, 2.05) is 0 Å². The number of hydrogen-bond donors (Lipinski definition) is 0. The zero-order chi connectivity index (χ0) is 14.2. The first-order valence-corrected chi connectivity index (χ1v) is 7.18. The Hall–Kier alpha value is -0.223. The van der Waals surface area contributed by atoms with Crippen LogP contribution in [0.5, 0.6) is 0 Å². The second-order valence-electron chi connectivity index (χ2n) is 3.15. The van der Waals surface area contributed by atoms with E-state index in [9.17, 15) is 17.6 Å². The zero-order valence-electron chi connectivity index (χ0n) is 10.6. The molecule has 9 heteroatoms. The van der Waals surface area contributed by atoms with Crippen LogP contribution in [0.2, 0.25) is 0 Å². The van der Waals surface area contributed by atoms with Crippen LogP contribution in [0.15, 0.2) is 0 Å². The Morgan fingerprint density at radius 1 is 0.889 bits per heavy atom. The average Bonchev–Trinajstić information content (AvgIpc) is 2.27. The van der Waals surface area contributed by atoms with Crippen LogP contribution in [0, 0.1) is 0 Å². The molecule has 0 aliphatic heterocycles. The Bertz CT molecular complexity index is 214. The third kappa shape index (κ3) is 5.61. The number of alkyl halides is 4. The summed E-state index contributed by atoms with van der Waals surface area (Å²) in [5.41, 5.74) is 0. The lowest BCUT2D eigenvalue weighted by Gasteiger charge is -2.28. The summed E-state index contributed by atoms with van der Waals surface area (Å²) >= 11 is 0. The molecule has 0 fully saturated rings. The second kappa shape index (κ2) is 8.05. The van der Waals surface area contributed by atoms with Gasteiger partial charge in [0.1, 0.15) is 6.61 Å². The maximum Gasteiger partial charge on any atom is 0.679 e. The van der Waals surface area contributed by atoms with E-state index < -0.39 is 28.0 Å². The van der Waals surface area contributed by atoms with Gasteiger partial charge in [-0.1, -0.05) is 0 Å². The van der Waals surface area contributed by atoms with Gasteiger partial charge in [-0.15, -0.1) is 0 Å². The fourth-order valence-corrected chi connectivity index (χ4v) is 2.96. The Kier molecular flexibility index (Phi) is 7.95. The molecule has 0 aromatic heterocycles. The van der Waals surface area contributed by atoms with Gasteiger partial charge in [0.15, 0.2) is 0 Å². The summed E-state index contributed by atoms with van der Waals surface area (Å²) in [7, 11) is -3.76. The molecule has 0 heterocycles. The summed E-state index contributed by atoms with van der Waals surface area (Å²) in [6.45, 7) is 3.58. The van der Waals surface area contributed by atoms with E-state index in [4.69, 9.17) is 17.7 Å². The van der Waals surface area contributed by atoms with Crippen LogP contribution in [-0.2, 0) is 17.7 Å². The molecule has 0 unspecified atom stereocenters. The van der Waals surface area contributed by atoms with Crippen molar-refractivity contribution in [1.29, 1.82) is 0 Å². The van der Waals surface area contributed by atoms with Crippen LogP contribution in [-0.4, -0.2) is 47.8 Å². The SMILES string of the molecule is CCO[Si](OCC)(OCC)OCC(F)(F)C(F)F. The van der Waals surface area contributed by atoms with E-state index in [-0.39, 0.29) is 19.8 Å². The molecule has 0 aromatic rings. The molecule has 0 atom stereocenters. The number of rotatable bonds is 10. The summed E-state index contributed by atoms with van der Waals surface area (Å²) in [5, 5.41) is 0. The summed E-state index contributed by atoms with van der Waals surface area (Å²) in [6, 6.07) is 0. The Balaban J connectivity index is 4.65. The molecular weight excluding hydrogens is 276 g/mol. The first-order valence-electron chi connectivity index (χ1n) is 5.55. The van der Waals surface area contributed by atoms with Gasteiger partial charge in [0.25, 0.3) is 0 Å². The van der Waals surface area contributed by atoms with Crippen LogP contribution in [0.25, 0.3) is 0 Å². The monoisotopic (exact) mass is 294 g/mol. The van der Waals surface area contributed by atoms with Crippen LogP contribution in [0.1, 0.15) is 20.8 Å². The molecule has 0 N–H and O–H groups in total. The highest BCUT2D eigenvalue weighted by molar-refractivity contribution is 6.53. The van der Waals surface area contributed by atoms with Gasteiger partial charge in [0, 0.05) is 19.8 Å². The third-order valence-corrected chi connectivity index (χ3v) is 4.15. The van der Waals surface area contributed by atoms with Gasteiger partial charge in [-0.05, 0) is 20.8 Å². The third-order valence-electron chi connectivity index (χ3n) is 1.72. The molecule has 18 heavy (non-hydrogen) atoms. The molecule has 4 nitrogen and oxygen atoms in total. The smallest absolute Gasteiger partial charge is 0.351 e. The van der Waals surface area contributed by atoms with E-state index >= 15 is 0 Å². The van der Waals surface area contributed by atoms with Gasteiger partial charge >= 0.3 is 21.4 Å². The van der Waals surface area contributed by atoms with Gasteiger partial charge in [-0.25, -0.2) is 8.78 Å². The second-order valence-corrected chi connectivity index (χ2v) is 5.30. The van der Waals surface area contributed by atoms with E-state index in [0.29, 0.717) is 0 Å². The summed E-state index contributed by atoms with van der Waals surface area (Å²) in [5.74, 6) is -4.26. The van der Waals surface area contributed by atoms with Gasteiger partial charge in [0.2, 0.25) is 0 Å². The summed E-state index contributed by atoms with van der Waals surface area (Å²) < 4.78 is 69.5. The zero-order valence-corrected chi connectivity index (χ0v) is 11.6. The highest BCUT2D eigenvalue weighted by Gasteiger charge is 2.50. The molecule has 0 amide bonds. The maximum atomic E-state index is 12.8. The van der Waals surface area contributed by atoms with E-state index in [1.165, 1.54) is 0 Å². The maximum absolute atomic E-state index is 12.8. The number of halogens is 4. The Morgan fingerprint density at radius 3 is 1.56 bits per heavy atom. The minimum Gasteiger partial charge on any atom is -0.351 e. The first-order chi connectivity index (χ1) is 8.33. The van der Waals surface area contributed by atoms with Crippen molar-refractivity contribution in [2.45, 2.75) is 33.1 Å². The van der Waals surface area contributed by atoms with E-state index in [1.54, 1.807) is 20.8 Å². The van der Waals surface area contributed by atoms with Crippen molar-refractivity contribution in [1.82, 2.24) is 0 Å². The fraction of sp³-hybridized carbons (Fsp3) is 1.00. The van der Waals surface area contributed by atoms with Crippen molar-refractivity contribution in [3.05, 3.63) is 0 Å². The standard InChI is InChI=1S/C9H18F4O4Si/c1-4-14-18(15-5-2,16-6-3)17-7-9(12,13)8(10)11/h8H,4-7H2,1-3H3. The molecule has 0 saturated heterocycles. The van der Waals surface area contributed by atoms with Crippen molar-refractivity contribution >= 4 is 9.05 Å². The van der Waals surface area contributed by atoms with Gasteiger partial charge in [0.05, 0.1) is 0 Å². The van der Waals surface area contributed by atoms with Crippen molar-refractivity contribution < 1.29 is 35.3 Å². The highest BCUT2D eigenvalue weighted by atomic mass is 28.4. The molecule has 0 saturated carbocycles. The molecule has 110 valence electrons. The lowest BCUT2D eigenvalue weighted by molar-refractivity contribution is -0.166. The summed E-state index contributed by atoms with van der Waals surface area (Å²) in [6.07, 6.45) is -3.81. The van der Waals surface area contributed by atoms with Crippen LogP contribution < -0.4 is 0 Å². The van der Waals surface area contributed by atoms with Gasteiger partial charge in [-0.2, -0.15) is 8.78 Å². The first kappa shape index (κ1) is 17.8. The highest BCUT2D eigenvalue weighted by Crippen LogP contribution is 2.25. The van der Waals surface area contributed by atoms with Crippen LogP contribution in [0.3, 0.4) is 0 Å². The van der Waals surface area contributed by atoms with Gasteiger partial charge in [-0.3, -0.25) is 0 Å². The van der Waals surface area contributed by atoms with Crippen molar-refractivity contribution in [2.24, 2.45) is 0 Å². The van der Waals surface area contributed by atoms with Crippen molar-refractivity contribution in [3.63, 3.8) is 0 Å². The average molecular weight is 294 g/mol. The van der Waals surface area contributed by atoms with Crippen LogP contribution in [0.4, 0.5) is 17.6 Å². The Labute approximate surface area is 105 Å². The molecule has 0 rings (SSSR count). The van der Waals surface area contributed by atoms with E-state index in [2.05, 4.69) is 0 Å². The van der Waals surface area contributed by atoms with Crippen molar-refractivity contribution in [3.8, 4) is 0 Å². The molecule has 0 aliphatic rings. The minimum atomic E-state index is -4.26. The number of hydrogen-bond acceptors (Lipinski definition) is 4. The minimum absolute atomic E-state index is 0.104. The normalized spacial score (nSPS) is 13.3. The molecule has 0 aliphatic carbocycles. The molecule has 0 bridgehead atoms. The quantitative estimate of drug-likeness (QED) is 0.458. The van der Waals surface area contributed by atoms with E-state index in [0.717, 1.165) is 0 Å². The fourth-order valence-electron chi connectivity index (χ4n) is 1.03. The van der Waals surface area contributed by atoms with Crippen LogP contribution >= 0.6 is 0 Å². The lowest BCUT2D eigenvalue weighted by Crippen LogP contribution is -2.52. The predicted octanol–water partition coefficient (Wildman–Crippen LogP) is 2.45. The molecular formula is C9H18F4O4Si. The largest absolute Gasteiger partial charge is 0.679 e. The lowest BCUT2D eigenvalue weighted by atomic mass is 10.4.